The van der Waals surface area contributed by atoms with Crippen LogP contribution in [-0.2, 0) is 0 Å². The number of fused-ring (bicyclic) bond motifs is 1. The highest BCUT2D eigenvalue weighted by atomic mass is 35.5. The van der Waals surface area contributed by atoms with Crippen molar-refractivity contribution in [2.75, 3.05) is 13.2 Å². The van der Waals surface area contributed by atoms with Crippen LogP contribution in [0.15, 0.2) is 41.5 Å². The SMILES string of the molecule is CCOc1cc(C2C(c3ccccn3)N=C3SC(C)CN32)cc(Cl)c1OC(C)C. The molecule has 0 amide bonds. The van der Waals surface area contributed by atoms with Crippen LogP contribution in [0, 0.1) is 0 Å². The Balaban J connectivity index is 1.78. The molecule has 2 aliphatic rings. The normalized spacial score (nSPS) is 23.3. The van der Waals surface area contributed by atoms with Crippen LogP contribution in [0.4, 0.5) is 0 Å². The zero-order chi connectivity index (χ0) is 20.5. The molecule has 29 heavy (non-hydrogen) atoms. The van der Waals surface area contributed by atoms with Crippen molar-refractivity contribution >= 4 is 28.5 Å². The van der Waals surface area contributed by atoms with Crippen molar-refractivity contribution in [1.82, 2.24) is 9.88 Å². The summed E-state index contributed by atoms with van der Waals surface area (Å²) in [4.78, 5) is 12.0. The number of rotatable bonds is 6. The molecule has 1 aromatic heterocycles. The summed E-state index contributed by atoms with van der Waals surface area (Å²) in [5, 5.41) is 2.15. The van der Waals surface area contributed by atoms with E-state index in [4.69, 9.17) is 26.1 Å². The van der Waals surface area contributed by atoms with E-state index in [0.717, 1.165) is 23.0 Å². The molecule has 1 fully saturated rings. The van der Waals surface area contributed by atoms with Gasteiger partial charge in [0.2, 0.25) is 0 Å². The average molecular weight is 432 g/mol. The monoisotopic (exact) mass is 431 g/mol. The molecule has 0 saturated carbocycles. The third kappa shape index (κ3) is 4.05. The summed E-state index contributed by atoms with van der Waals surface area (Å²) < 4.78 is 11.9. The largest absolute Gasteiger partial charge is 0.490 e. The standard InChI is InChI=1S/C22H26ClN3O2S/c1-5-27-18-11-15(10-16(23)21(18)28-13(2)3)20-19(17-8-6-7-9-24-17)25-22-26(20)12-14(4)29-22/h6-11,13-14,19-20H,5,12H2,1-4H3. The molecule has 0 N–H and O–H groups in total. The van der Waals surface area contributed by atoms with Crippen LogP contribution < -0.4 is 9.47 Å². The Labute approximate surface area is 181 Å². The van der Waals surface area contributed by atoms with E-state index < -0.39 is 0 Å². The van der Waals surface area contributed by atoms with Gasteiger partial charge in [-0.1, -0.05) is 36.4 Å². The third-order valence-corrected chi connectivity index (χ3v) is 6.29. The molecule has 0 radical (unpaired) electrons. The maximum Gasteiger partial charge on any atom is 0.180 e. The van der Waals surface area contributed by atoms with Crippen molar-refractivity contribution in [2.24, 2.45) is 4.99 Å². The lowest BCUT2D eigenvalue weighted by Gasteiger charge is -2.28. The van der Waals surface area contributed by atoms with Crippen LogP contribution in [0.3, 0.4) is 0 Å². The van der Waals surface area contributed by atoms with Crippen LogP contribution in [0.1, 0.15) is 51.0 Å². The second-order valence-corrected chi connectivity index (χ2v) is 9.38. The second-order valence-electron chi connectivity index (χ2n) is 7.57. The number of aliphatic imine (C=N–C) groups is 1. The fourth-order valence-electron chi connectivity index (χ4n) is 3.85. The Morgan fingerprint density at radius 1 is 1.31 bits per heavy atom. The number of amidine groups is 1. The average Bonchev–Trinajstić information content (AvgIpc) is 3.21. The van der Waals surface area contributed by atoms with Gasteiger partial charge < -0.3 is 14.4 Å². The molecular formula is C22H26ClN3O2S. The van der Waals surface area contributed by atoms with Gasteiger partial charge in [-0.2, -0.15) is 0 Å². The highest BCUT2D eigenvalue weighted by Crippen LogP contribution is 2.50. The molecule has 0 spiro atoms. The van der Waals surface area contributed by atoms with Gasteiger partial charge in [-0.05, 0) is 50.6 Å². The van der Waals surface area contributed by atoms with Crippen LogP contribution in [0.2, 0.25) is 5.02 Å². The zero-order valence-electron chi connectivity index (χ0n) is 17.1. The van der Waals surface area contributed by atoms with E-state index >= 15 is 0 Å². The number of hydrogen-bond acceptors (Lipinski definition) is 6. The third-order valence-electron chi connectivity index (χ3n) is 4.91. The van der Waals surface area contributed by atoms with E-state index in [1.54, 1.807) is 0 Å². The second kappa shape index (κ2) is 8.44. The van der Waals surface area contributed by atoms with E-state index in [1.165, 1.54) is 0 Å². The van der Waals surface area contributed by atoms with E-state index in [0.29, 0.717) is 28.4 Å². The Morgan fingerprint density at radius 3 is 2.83 bits per heavy atom. The van der Waals surface area contributed by atoms with Crippen LogP contribution >= 0.6 is 23.4 Å². The van der Waals surface area contributed by atoms with Gasteiger partial charge in [0.1, 0.15) is 6.04 Å². The van der Waals surface area contributed by atoms with Gasteiger partial charge in [0.05, 0.1) is 29.5 Å². The van der Waals surface area contributed by atoms with Gasteiger partial charge in [0.25, 0.3) is 0 Å². The lowest BCUT2D eigenvalue weighted by Crippen LogP contribution is -2.28. The number of aromatic nitrogens is 1. The van der Waals surface area contributed by atoms with Gasteiger partial charge in [-0.15, -0.1) is 0 Å². The highest BCUT2D eigenvalue weighted by Gasteiger charge is 2.44. The predicted molar refractivity (Wildman–Crippen MR) is 119 cm³/mol. The molecule has 3 atom stereocenters. The fourth-order valence-corrected chi connectivity index (χ4v) is 5.21. The molecule has 0 aliphatic carbocycles. The lowest BCUT2D eigenvalue weighted by molar-refractivity contribution is 0.223. The minimum absolute atomic E-state index is 0.0103. The Hall–Kier alpha value is -1.92. The first-order valence-electron chi connectivity index (χ1n) is 10.0. The van der Waals surface area contributed by atoms with Gasteiger partial charge in [0, 0.05) is 18.0 Å². The first-order chi connectivity index (χ1) is 14.0. The first-order valence-corrected chi connectivity index (χ1v) is 11.3. The van der Waals surface area contributed by atoms with Gasteiger partial charge in [-0.3, -0.25) is 9.98 Å². The number of thioether (sulfide) groups is 1. The maximum atomic E-state index is 6.68. The van der Waals surface area contributed by atoms with Crippen LogP contribution in [0.25, 0.3) is 0 Å². The van der Waals surface area contributed by atoms with Gasteiger partial charge in [-0.25, -0.2) is 0 Å². The van der Waals surface area contributed by atoms with Crippen molar-refractivity contribution in [3.8, 4) is 11.5 Å². The molecule has 4 rings (SSSR count). The molecule has 1 aromatic carbocycles. The smallest absolute Gasteiger partial charge is 0.180 e. The Bertz CT molecular complexity index is 906. The Kier molecular flexibility index (Phi) is 5.93. The summed E-state index contributed by atoms with van der Waals surface area (Å²) in [6.07, 6.45) is 1.83. The summed E-state index contributed by atoms with van der Waals surface area (Å²) in [6.45, 7) is 9.65. The minimum atomic E-state index is -0.0754. The van der Waals surface area contributed by atoms with Crippen LogP contribution in [-0.4, -0.2) is 39.6 Å². The summed E-state index contributed by atoms with van der Waals surface area (Å²) in [5.74, 6) is 1.28. The molecule has 154 valence electrons. The number of hydrogen-bond donors (Lipinski definition) is 0. The number of pyridine rings is 1. The van der Waals surface area contributed by atoms with Crippen molar-refractivity contribution < 1.29 is 9.47 Å². The molecule has 3 unspecified atom stereocenters. The quantitative estimate of drug-likeness (QED) is 0.603. The molecule has 3 heterocycles. The molecule has 0 bridgehead atoms. The molecule has 7 heteroatoms. The van der Waals surface area contributed by atoms with E-state index in [2.05, 4.69) is 22.9 Å². The highest BCUT2D eigenvalue weighted by molar-refractivity contribution is 8.14. The lowest BCUT2D eigenvalue weighted by atomic mass is 9.96. The Morgan fingerprint density at radius 2 is 2.14 bits per heavy atom. The number of nitrogens with zero attached hydrogens (tertiary/aromatic N) is 3. The number of halogens is 1. The summed E-state index contributed by atoms with van der Waals surface area (Å²) in [6, 6.07) is 9.99. The number of benzene rings is 1. The fraction of sp³-hybridized carbons (Fsp3) is 0.455. The van der Waals surface area contributed by atoms with Crippen LogP contribution in [0.5, 0.6) is 11.5 Å². The van der Waals surface area contributed by atoms with E-state index in [1.807, 2.05) is 63.0 Å². The summed E-state index contributed by atoms with van der Waals surface area (Å²) >= 11 is 8.50. The van der Waals surface area contributed by atoms with Crippen molar-refractivity contribution in [3.05, 3.63) is 52.8 Å². The minimum Gasteiger partial charge on any atom is -0.490 e. The van der Waals surface area contributed by atoms with E-state index in [-0.39, 0.29) is 18.2 Å². The summed E-state index contributed by atoms with van der Waals surface area (Å²) in [5.41, 5.74) is 2.03. The predicted octanol–water partition coefficient (Wildman–Crippen LogP) is 5.51. The van der Waals surface area contributed by atoms with Gasteiger partial charge >= 0.3 is 0 Å². The molecular weight excluding hydrogens is 406 g/mol. The van der Waals surface area contributed by atoms with Gasteiger partial charge in [0.15, 0.2) is 16.7 Å². The summed E-state index contributed by atoms with van der Waals surface area (Å²) in [7, 11) is 0. The molecule has 2 aliphatic heterocycles. The van der Waals surface area contributed by atoms with Crippen molar-refractivity contribution in [3.63, 3.8) is 0 Å². The molecule has 2 aromatic rings. The number of ether oxygens (including phenoxy) is 2. The maximum absolute atomic E-state index is 6.68. The first kappa shape index (κ1) is 20.4. The molecule has 5 nitrogen and oxygen atoms in total. The van der Waals surface area contributed by atoms with Crippen molar-refractivity contribution in [1.29, 1.82) is 0 Å². The topological polar surface area (TPSA) is 47.0 Å². The van der Waals surface area contributed by atoms with E-state index in [9.17, 15) is 0 Å². The van der Waals surface area contributed by atoms with Crippen molar-refractivity contribution in [2.45, 2.75) is 51.1 Å². The molecule has 1 saturated heterocycles. The zero-order valence-corrected chi connectivity index (χ0v) is 18.7.